The van der Waals surface area contributed by atoms with Crippen LogP contribution in [-0.2, 0) is 20.0 Å². The maximum absolute atomic E-state index is 12.1. The van der Waals surface area contributed by atoms with Crippen LogP contribution < -0.4 is 9.03 Å². The summed E-state index contributed by atoms with van der Waals surface area (Å²) in [7, 11) is -6.75. The van der Waals surface area contributed by atoms with E-state index < -0.39 is 20.0 Å². The summed E-state index contributed by atoms with van der Waals surface area (Å²) in [5.41, 5.74) is 0.719. The zero-order valence-corrected chi connectivity index (χ0v) is 14.6. The number of benzene rings is 1. The van der Waals surface area contributed by atoms with Gasteiger partial charge in [0.2, 0.25) is 20.0 Å². The molecule has 9 heteroatoms. The van der Waals surface area contributed by atoms with E-state index in [0.717, 1.165) is 6.42 Å². The van der Waals surface area contributed by atoms with Crippen molar-refractivity contribution in [2.45, 2.75) is 26.2 Å². The third-order valence-electron chi connectivity index (χ3n) is 3.31. The fourth-order valence-corrected chi connectivity index (χ4v) is 5.45. The van der Waals surface area contributed by atoms with Crippen LogP contribution in [0.3, 0.4) is 0 Å². The number of hydrogen-bond donors (Lipinski definition) is 1. The summed E-state index contributed by atoms with van der Waals surface area (Å²) < 4.78 is 51.4. The van der Waals surface area contributed by atoms with Crippen LogP contribution in [0.1, 0.15) is 26.2 Å². The van der Waals surface area contributed by atoms with Gasteiger partial charge in [-0.15, -0.1) is 0 Å². The normalized spacial score (nSPS) is 18.2. The molecule has 1 saturated heterocycles. The van der Waals surface area contributed by atoms with Gasteiger partial charge in [0, 0.05) is 6.54 Å². The lowest BCUT2D eigenvalue weighted by atomic mass is 10.2. The zero-order valence-electron chi connectivity index (χ0n) is 12.2. The summed E-state index contributed by atoms with van der Waals surface area (Å²) in [5.74, 6) is 0.126. The van der Waals surface area contributed by atoms with Crippen LogP contribution in [0.4, 0.5) is 11.4 Å². The molecule has 0 radical (unpaired) electrons. The lowest BCUT2D eigenvalue weighted by Gasteiger charge is -2.29. The molecule has 124 valence electrons. The van der Waals surface area contributed by atoms with Gasteiger partial charge in [-0.1, -0.05) is 18.5 Å². The number of halogens is 1. The summed E-state index contributed by atoms with van der Waals surface area (Å²) in [6.07, 6.45) is 1.93. The topological polar surface area (TPSA) is 83.6 Å². The highest BCUT2D eigenvalue weighted by molar-refractivity contribution is 7.93. The number of sulfonamides is 2. The van der Waals surface area contributed by atoms with Crippen molar-refractivity contribution in [1.29, 1.82) is 0 Å². The molecule has 1 aliphatic heterocycles. The van der Waals surface area contributed by atoms with E-state index in [1.54, 1.807) is 6.92 Å². The fourth-order valence-electron chi connectivity index (χ4n) is 2.33. The Balaban J connectivity index is 2.27. The second-order valence-corrected chi connectivity index (χ2v) is 9.44. The maximum Gasteiger partial charge on any atom is 0.235 e. The van der Waals surface area contributed by atoms with Crippen molar-refractivity contribution in [3.63, 3.8) is 0 Å². The Hall–Kier alpha value is -0.990. The molecule has 0 aliphatic carbocycles. The van der Waals surface area contributed by atoms with Crippen molar-refractivity contribution in [2.75, 3.05) is 27.1 Å². The van der Waals surface area contributed by atoms with E-state index in [1.165, 1.54) is 22.5 Å². The van der Waals surface area contributed by atoms with Crippen LogP contribution in [0, 0.1) is 0 Å². The predicted octanol–water partition coefficient (Wildman–Crippen LogP) is 2.42. The number of nitrogens with one attached hydrogen (secondary N) is 1. The summed E-state index contributed by atoms with van der Waals surface area (Å²) in [6, 6.07) is 4.50. The van der Waals surface area contributed by atoms with Gasteiger partial charge in [-0.05, 0) is 37.5 Å². The summed E-state index contributed by atoms with van der Waals surface area (Å²) in [5, 5.41) is 0.210. The maximum atomic E-state index is 12.1. The number of anilines is 2. The first-order chi connectivity index (χ1) is 10.2. The van der Waals surface area contributed by atoms with E-state index >= 15 is 0 Å². The van der Waals surface area contributed by atoms with Gasteiger partial charge in [-0.3, -0.25) is 9.03 Å². The lowest BCUT2D eigenvalue weighted by molar-refractivity contribution is 0.574. The monoisotopic (exact) mass is 366 g/mol. The molecule has 0 bridgehead atoms. The molecular weight excluding hydrogens is 348 g/mol. The lowest BCUT2D eigenvalue weighted by Crippen LogP contribution is -2.38. The van der Waals surface area contributed by atoms with E-state index in [-0.39, 0.29) is 16.5 Å². The van der Waals surface area contributed by atoms with E-state index in [0.29, 0.717) is 30.8 Å². The standard InChI is InChI=1S/C13H19ClN2O4S2/c1-2-8-21(17,18)15-11-5-6-13(12(14)10-11)16-7-3-4-9-22(16,19)20/h5-6,10,15H,2-4,7-9H2,1H3. The van der Waals surface area contributed by atoms with E-state index in [9.17, 15) is 16.8 Å². The van der Waals surface area contributed by atoms with E-state index in [4.69, 9.17) is 11.6 Å². The molecule has 1 fully saturated rings. The van der Waals surface area contributed by atoms with Crippen molar-refractivity contribution >= 4 is 43.0 Å². The van der Waals surface area contributed by atoms with Gasteiger partial charge in [0.05, 0.1) is 27.9 Å². The SMILES string of the molecule is CCCS(=O)(=O)Nc1ccc(N2CCCCS2(=O)=O)c(Cl)c1. The van der Waals surface area contributed by atoms with Gasteiger partial charge in [-0.25, -0.2) is 16.8 Å². The predicted molar refractivity (Wildman–Crippen MR) is 89.5 cm³/mol. The van der Waals surface area contributed by atoms with Crippen molar-refractivity contribution in [3.8, 4) is 0 Å². The third kappa shape index (κ3) is 4.05. The quantitative estimate of drug-likeness (QED) is 0.867. The zero-order chi connectivity index (χ0) is 16.4. The van der Waals surface area contributed by atoms with Crippen LogP contribution in [0.15, 0.2) is 18.2 Å². The number of hydrogen-bond acceptors (Lipinski definition) is 4. The highest BCUT2D eigenvalue weighted by atomic mass is 35.5. The van der Waals surface area contributed by atoms with E-state index in [2.05, 4.69) is 4.72 Å². The molecule has 0 saturated carbocycles. The van der Waals surface area contributed by atoms with Gasteiger partial charge < -0.3 is 0 Å². The average molecular weight is 367 g/mol. The molecular formula is C13H19ClN2O4S2. The molecule has 0 unspecified atom stereocenters. The van der Waals surface area contributed by atoms with Gasteiger partial charge >= 0.3 is 0 Å². The van der Waals surface area contributed by atoms with Crippen LogP contribution in [0.5, 0.6) is 0 Å². The Morgan fingerprint density at radius 1 is 1.32 bits per heavy atom. The largest absolute Gasteiger partial charge is 0.284 e. The second kappa shape index (κ2) is 6.64. The molecule has 1 N–H and O–H groups in total. The minimum absolute atomic E-state index is 0.0207. The average Bonchev–Trinajstić information content (AvgIpc) is 2.39. The number of nitrogens with zero attached hydrogens (tertiary/aromatic N) is 1. The van der Waals surface area contributed by atoms with Gasteiger partial charge in [-0.2, -0.15) is 0 Å². The molecule has 0 atom stereocenters. The van der Waals surface area contributed by atoms with Crippen molar-refractivity contribution in [3.05, 3.63) is 23.2 Å². The Bertz CT molecular complexity index is 747. The molecule has 6 nitrogen and oxygen atoms in total. The third-order valence-corrected chi connectivity index (χ3v) is 6.96. The van der Waals surface area contributed by atoms with Crippen molar-refractivity contribution in [1.82, 2.24) is 0 Å². The molecule has 2 rings (SSSR count). The molecule has 1 aromatic rings. The Kier molecular flexibility index (Phi) is 5.24. The van der Waals surface area contributed by atoms with E-state index in [1.807, 2.05) is 0 Å². The summed E-state index contributed by atoms with van der Waals surface area (Å²) in [4.78, 5) is 0. The smallest absolute Gasteiger partial charge is 0.235 e. The Morgan fingerprint density at radius 3 is 2.64 bits per heavy atom. The Labute approximate surface area is 136 Å². The molecule has 0 spiro atoms. The number of rotatable bonds is 5. The minimum atomic E-state index is -3.40. The minimum Gasteiger partial charge on any atom is -0.284 e. The summed E-state index contributed by atoms with van der Waals surface area (Å²) >= 11 is 6.15. The molecule has 1 heterocycles. The molecule has 0 amide bonds. The first kappa shape index (κ1) is 17.4. The molecule has 22 heavy (non-hydrogen) atoms. The van der Waals surface area contributed by atoms with Gasteiger partial charge in [0.1, 0.15) is 0 Å². The fraction of sp³-hybridized carbons (Fsp3) is 0.538. The van der Waals surface area contributed by atoms with Crippen molar-refractivity contribution < 1.29 is 16.8 Å². The first-order valence-corrected chi connectivity index (χ1v) is 10.7. The highest BCUT2D eigenvalue weighted by Crippen LogP contribution is 2.33. The van der Waals surface area contributed by atoms with Crippen LogP contribution in [0.2, 0.25) is 5.02 Å². The van der Waals surface area contributed by atoms with Crippen LogP contribution in [-0.4, -0.2) is 34.9 Å². The van der Waals surface area contributed by atoms with Gasteiger partial charge in [0.25, 0.3) is 0 Å². The van der Waals surface area contributed by atoms with Crippen LogP contribution >= 0.6 is 11.6 Å². The van der Waals surface area contributed by atoms with Gasteiger partial charge in [0.15, 0.2) is 0 Å². The summed E-state index contributed by atoms with van der Waals surface area (Å²) in [6.45, 7) is 2.17. The molecule has 1 aromatic carbocycles. The van der Waals surface area contributed by atoms with Crippen molar-refractivity contribution in [2.24, 2.45) is 0 Å². The van der Waals surface area contributed by atoms with Crippen LogP contribution in [0.25, 0.3) is 0 Å². The first-order valence-electron chi connectivity index (χ1n) is 7.05. The highest BCUT2D eigenvalue weighted by Gasteiger charge is 2.27. The Morgan fingerprint density at radius 2 is 2.05 bits per heavy atom. The molecule has 0 aromatic heterocycles. The second-order valence-electron chi connectivity index (χ2n) is 5.18. The molecule has 1 aliphatic rings.